The minimum absolute atomic E-state index is 0.0631. The number of H-pyrrole nitrogens is 1. The summed E-state index contributed by atoms with van der Waals surface area (Å²) in [4.78, 5) is 14.5. The third-order valence-electron chi connectivity index (χ3n) is 4.16. The Morgan fingerprint density at radius 2 is 1.96 bits per heavy atom. The van der Waals surface area contributed by atoms with Crippen molar-refractivity contribution in [1.29, 1.82) is 0 Å². The summed E-state index contributed by atoms with van der Waals surface area (Å²) < 4.78 is 29.2. The van der Waals surface area contributed by atoms with Crippen molar-refractivity contribution in [3.05, 3.63) is 28.4 Å². The van der Waals surface area contributed by atoms with Gasteiger partial charge in [-0.25, -0.2) is 13.1 Å². The molecular formula is C15H18BrN3O3S. The number of nitrogens with two attached hydrogens (primary N) is 1. The molecule has 4 N–H and O–H groups in total. The van der Waals surface area contributed by atoms with Crippen molar-refractivity contribution >= 4 is 42.8 Å². The predicted molar refractivity (Wildman–Crippen MR) is 91.7 cm³/mol. The zero-order chi connectivity index (χ0) is 16.6. The van der Waals surface area contributed by atoms with E-state index in [0.29, 0.717) is 10.9 Å². The average molecular weight is 400 g/mol. The van der Waals surface area contributed by atoms with Crippen LogP contribution in [0.3, 0.4) is 0 Å². The number of nitrogens with one attached hydrogen (secondary N) is 2. The molecule has 1 amide bonds. The van der Waals surface area contributed by atoms with E-state index >= 15 is 0 Å². The Balaban J connectivity index is 2.10. The quantitative estimate of drug-likeness (QED) is 0.735. The molecule has 0 aliphatic heterocycles. The molecule has 0 unspecified atom stereocenters. The molecule has 1 aromatic heterocycles. The van der Waals surface area contributed by atoms with Gasteiger partial charge in [0.25, 0.3) is 5.91 Å². The third-order valence-corrected chi connectivity index (χ3v) is 6.25. The van der Waals surface area contributed by atoms with Crippen LogP contribution in [0.5, 0.6) is 0 Å². The Morgan fingerprint density at radius 3 is 2.61 bits per heavy atom. The largest absolute Gasteiger partial charge is 0.364 e. The molecule has 1 heterocycles. The van der Waals surface area contributed by atoms with Crippen molar-refractivity contribution in [1.82, 2.24) is 9.71 Å². The number of carbonyl (C=O) groups excluding carboxylic acids is 1. The van der Waals surface area contributed by atoms with Crippen LogP contribution < -0.4 is 10.5 Å². The topological polar surface area (TPSA) is 105 Å². The molecular weight excluding hydrogens is 382 g/mol. The molecule has 0 spiro atoms. The highest BCUT2D eigenvalue weighted by Gasteiger charge is 2.29. The van der Waals surface area contributed by atoms with Crippen LogP contribution in [0, 0.1) is 0 Å². The monoisotopic (exact) mass is 399 g/mol. The van der Waals surface area contributed by atoms with Gasteiger partial charge in [-0.15, -0.1) is 0 Å². The van der Waals surface area contributed by atoms with Crippen molar-refractivity contribution in [2.45, 2.75) is 43.0 Å². The molecule has 1 aliphatic carbocycles. The number of hydrogen-bond acceptors (Lipinski definition) is 3. The van der Waals surface area contributed by atoms with Crippen LogP contribution in [0.25, 0.3) is 10.9 Å². The van der Waals surface area contributed by atoms with Gasteiger partial charge in [-0.1, -0.05) is 35.2 Å². The van der Waals surface area contributed by atoms with Gasteiger partial charge in [0.1, 0.15) is 10.6 Å². The number of amides is 1. The van der Waals surface area contributed by atoms with Gasteiger partial charge in [-0.05, 0) is 31.0 Å². The second kappa shape index (κ2) is 6.26. The Morgan fingerprint density at radius 1 is 1.26 bits per heavy atom. The van der Waals surface area contributed by atoms with E-state index in [1.165, 1.54) is 0 Å². The number of hydrogen-bond donors (Lipinski definition) is 3. The summed E-state index contributed by atoms with van der Waals surface area (Å²) in [5.74, 6) is -0.790. The molecule has 0 saturated heterocycles. The van der Waals surface area contributed by atoms with Gasteiger partial charge in [0.2, 0.25) is 10.0 Å². The minimum atomic E-state index is -3.84. The fourth-order valence-corrected chi connectivity index (χ4v) is 5.12. The highest BCUT2D eigenvalue weighted by atomic mass is 79.9. The van der Waals surface area contributed by atoms with E-state index < -0.39 is 15.9 Å². The van der Waals surface area contributed by atoms with Crippen LogP contribution in [0.15, 0.2) is 27.6 Å². The van der Waals surface area contributed by atoms with Crippen LogP contribution in [0.1, 0.15) is 42.6 Å². The van der Waals surface area contributed by atoms with E-state index in [1.807, 2.05) is 0 Å². The Bertz CT molecular complexity index is 854. The van der Waals surface area contributed by atoms with Gasteiger partial charge >= 0.3 is 0 Å². The molecule has 0 atom stereocenters. The van der Waals surface area contributed by atoms with Crippen molar-refractivity contribution in [2.24, 2.45) is 5.73 Å². The predicted octanol–water partition coefficient (Wildman–Crippen LogP) is 2.64. The smallest absolute Gasteiger partial charge is 0.266 e. The summed E-state index contributed by atoms with van der Waals surface area (Å²) in [6, 6.07) is 5.07. The first-order chi connectivity index (χ1) is 10.9. The summed E-state index contributed by atoms with van der Waals surface area (Å²) in [5.41, 5.74) is 5.85. The molecule has 0 radical (unpaired) electrons. The zero-order valence-corrected chi connectivity index (χ0v) is 14.8. The summed E-state index contributed by atoms with van der Waals surface area (Å²) >= 11 is 3.33. The van der Waals surface area contributed by atoms with Crippen molar-refractivity contribution < 1.29 is 13.2 Å². The second-order valence-electron chi connectivity index (χ2n) is 5.84. The van der Waals surface area contributed by atoms with Gasteiger partial charge < -0.3 is 10.7 Å². The standard InChI is InChI=1S/C15H18BrN3O3S/c16-9-6-7-12-11(8-9)14(13(18-12)15(17)20)23(21,22)19-10-4-2-1-3-5-10/h6-8,10,18-19H,1-5H2,(H2,17,20). The van der Waals surface area contributed by atoms with Crippen molar-refractivity contribution in [3.63, 3.8) is 0 Å². The lowest BCUT2D eigenvalue weighted by atomic mass is 9.96. The Hall–Kier alpha value is -1.38. The molecule has 8 heteroatoms. The molecule has 1 fully saturated rings. The van der Waals surface area contributed by atoms with Crippen LogP contribution in [0.4, 0.5) is 0 Å². The molecule has 1 saturated carbocycles. The highest BCUT2D eigenvalue weighted by molar-refractivity contribution is 9.10. The van der Waals surface area contributed by atoms with Crippen molar-refractivity contribution in [2.75, 3.05) is 0 Å². The number of rotatable bonds is 4. The molecule has 1 aromatic carbocycles. The van der Waals surface area contributed by atoms with Gasteiger partial charge in [0.05, 0.1) is 0 Å². The first-order valence-corrected chi connectivity index (χ1v) is 9.79. The number of benzene rings is 1. The summed E-state index contributed by atoms with van der Waals surface area (Å²) in [5, 5.41) is 0.455. The summed E-state index contributed by atoms with van der Waals surface area (Å²) in [7, 11) is -3.84. The van der Waals surface area contributed by atoms with E-state index in [9.17, 15) is 13.2 Å². The minimum Gasteiger partial charge on any atom is -0.364 e. The molecule has 2 aromatic rings. The Labute approximate surface area is 143 Å². The van der Waals surface area contributed by atoms with Gasteiger partial charge in [0.15, 0.2) is 0 Å². The number of aromatic amines is 1. The number of aromatic nitrogens is 1. The summed E-state index contributed by atoms with van der Waals surface area (Å²) in [6.07, 6.45) is 4.78. The van der Waals surface area contributed by atoms with E-state index in [4.69, 9.17) is 5.73 Å². The van der Waals surface area contributed by atoms with Gasteiger partial charge in [-0.2, -0.15) is 0 Å². The SMILES string of the molecule is NC(=O)c1[nH]c2ccc(Br)cc2c1S(=O)(=O)NC1CCCCC1. The van der Waals surface area contributed by atoms with Crippen molar-refractivity contribution in [3.8, 4) is 0 Å². The number of sulfonamides is 1. The normalized spacial score (nSPS) is 16.7. The number of carbonyl (C=O) groups is 1. The van der Waals surface area contributed by atoms with E-state index in [1.54, 1.807) is 18.2 Å². The maximum Gasteiger partial charge on any atom is 0.266 e. The van der Waals surface area contributed by atoms with E-state index in [0.717, 1.165) is 36.6 Å². The number of fused-ring (bicyclic) bond motifs is 1. The van der Waals surface area contributed by atoms with Crippen LogP contribution in [0.2, 0.25) is 0 Å². The molecule has 23 heavy (non-hydrogen) atoms. The maximum atomic E-state index is 12.9. The van der Waals surface area contributed by atoms with Gasteiger partial charge in [-0.3, -0.25) is 4.79 Å². The molecule has 6 nitrogen and oxygen atoms in total. The lowest BCUT2D eigenvalue weighted by molar-refractivity contribution is 0.0993. The second-order valence-corrected chi connectivity index (χ2v) is 8.41. The zero-order valence-electron chi connectivity index (χ0n) is 12.4. The molecule has 124 valence electrons. The number of primary amides is 1. The van der Waals surface area contributed by atoms with Gasteiger partial charge in [0, 0.05) is 21.4 Å². The molecule has 0 bridgehead atoms. The number of halogens is 1. The lowest BCUT2D eigenvalue weighted by Gasteiger charge is -2.22. The Kier molecular flexibility index (Phi) is 4.48. The summed E-state index contributed by atoms with van der Waals surface area (Å²) in [6.45, 7) is 0. The molecule has 1 aliphatic rings. The maximum absolute atomic E-state index is 12.9. The lowest BCUT2D eigenvalue weighted by Crippen LogP contribution is -2.37. The third kappa shape index (κ3) is 3.29. The first kappa shape index (κ1) is 16.5. The fraction of sp³-hybridized carbons (Fsp3) is 0.400. The van der Waals surface area contributed by atoms with Crippen LogP contribution in [-0.4, -0.2) is 25.4 Å². The van der Waals surface area contributed by atoms with E-state index in [-0.39, 0.29) is 16.6 Å². The van der Waals surface area contributed by atoms with Crippen LogP contribution >= 0.6 is 15.9 Å². The van der Waals surface area contributed by atoms with E-state index in [2.05, 4.69) is 25.6 Å². The molecule has 3 rings (SSSR count). The fourth-order valence-electron chi connectivity index (χ4n) is 3.09. The first-order valence-electron chi connectivity index (χ1n) is 7.52. The van der Waals surface area contributed by atoms with Crippen LogP contribution in [-0.2, 0) is 10.0 Å². The average Bonchev–Trinajstić information content (AvgIpc) is 2.87. The highest BCUT2D eigenvalue weighted by Crippen LogP contribution is 2.30.